The zero-order chi connectivity index (χ0) is 15.1. The molecule has 0 saturated carbocycles. The molecule has 0 aliphatic carbocycles. The summed E-state index contributed by atoms with van der Waals surface area (Å²) >= 11 is 3.36. The lowest BCUT2D eigenvalue weighted by atomic mass is 10.1. The van der Waals surface area contributed by atoms with Crippen LogP contribution in [0.3, 0.4) is 0 Å². The van der Waals surface area contributed by atoms with Gasteiger partial charge < -0.3 is 9.57 Å². The van der Waals surface area contributed by atoms with Gasteiger partial charge in [-0.1, -0.05) is 51.4 Å². The van der Waals surface area contributed by atoms with Gasteiger partial charge in [-0.3, -0.25) is 0 Å². The smallest absolute Gasteiger partial charge is 0.372 e. The Hall–Kier alpha value is -2.14. The molecule has 4 nitrogen and oxygen atoms in total. The fourth-order valence-corrected chi connectivity index (χ4v) is 1.81. The molecule has 0 amide bonds. The average Bonchev–Trinajstić information content (AvgIpc) is 2.52. The van der Waals surface area contributed by atoms with Crippen molar-refractivity contribution in [2.24, 2.45) is 5.16 Å². The van der Waals surface area contributed by atoms with Crippen LogP contribution in [0.1, 0.15) is 12.5 Å². The van der Waals surface area contributed by atoms with Crippen molar-refractivity contribution in [2.75, 3.05) is 6.61 Å². The monoisotopic (exact) mass is 347 g/mol. The molecule has 0 spiro atoms. The van der Waals surface area contributed by atoms with Crippen LogP contribution < -0.4 is 4.74 Å². The van der Waals surface area contributed by atoms with E-state index in [1.165, 1.54) is 0 Å². The van der Waals surface area contributed by atoms with Crippen molar-refractivity contribution in [3.63, 3.8) is 0 Å². The molecule has 0 radical (unpaired) electrons. The zero-order valence-electron chi connectivity index (χ0n) is 11.5. The number of oxime groups is 1. The fraction of sp³-hybridized carbons (Fsp3) is 0.125. The summed E-state index contributed by atoms with van der Waals surface area (Å²) < 4.78 is 6.25. The van der Waals surface area contributed by atoms with Gasteiger partial charge in [-0.25, -0.2) is 4.79 Å². The molecule has 2 aromatic carbocycles. The van der Waals surface area contributed by atoms with E-state index in [1.54, 1.807) is 19.1 Å². The number of carbonyl (C=O) groups excluding carboxylic acids is 1. The molecule has 0 unspecified atom stereocenters. The number of ether oxygens (including phenoxy) is 1. The minimum Gasteiger partial charge on any atom is -0.482 e. The predicted molar refractivity (Wildman–Crippen MR) is 84.4 cm³/mol. The fourth-order valence-electron chi connectivity index (χ4n) is 1.55. The third kappa shape index (κ3) is 5.04. The average molecular weight is 348 g/mol. The van der Waals surface area contributed by atoms with Crippen molar-refractivity contribution in [3.8, 4) is 5.75 Å². The lowest BCUT2D eigenvalue weighted by Crippen LogP contribution is -2.13. The molecule has 2 rings (SSSR count). The molecule has 0 aliphatic heterocycles. The van der Waals surface area contributed by atoms with E-state index in [2.05, 4.69) is 21.1 Å². The summed E-state index contributed by atoms with van der Waals surface area (Å²) in [6.07, 6.45) is 0. The summed E-state index contributed by atoms with van der Waals surface area (Å²) in [6, 6.07) is 16.6. The van der Waals surface area contributed by atoms with Gasteiger partial charge >= 0.3 is 5.97 Å². The second kappa shape index (κ2) is 7.59. The van der Waals surface area contributed by atoms with Crippen LogP contribution in [0.15, 0.2) is 64.2 Å². The third-order valence-corrected chi connectivity index (χ3v) is 3.17. The van der Waals surface area contributed by atoms with E-state index in [1.807, 2.05) is 42.5 Å². The van der Waals surface area contributed by atoms with E-state index in [-0.39, 0.29) is 6.61 Å². The topological polar surface area (TPSA) is 47.9 Å². The molecule has 0 atom stereocenters. The van der Waals surface area contributed by atoms with Gasteiger partial charge in [-0.15, -0.1) is 0 Å². The summed E-state index contributed by atoms with van der Waals surface area (Å²) in [7, 11) is 0. The van der Waals surface area contributed by atoms with E-state index in [0.717, 1.165) is 10.0 Å². The second-order valence-corrected chi connectivity index (χ2v) is 5.16. The van der Waals surface area contributed by atoms with Crippen molar-refractivity contribution < 1.29 is 14.4 Å². The van der Waals surface area contributed by atoms with Gasteiger partial charge in [-0.2, -0.15) is 0 Å². The number of nitrogens with zero attached hydrogens (tertiary/aromatic N) is 1. The summed E-state index contributed by atoms with van der Waals surface area (Å²) in [5, 5.41) is 3.81. The van der Waals surface area contributed by atoms with Gasteiger partial charge in [0.05, 0.1) is 5.71 Å². The van der Waals surface area contributed by atoms with Gasteiger partial charge in [0.15, 0.2) is 6.61 Å². The number of carbonyl (C=O) groups is 1. The highest BCUT2D eigenvalue weighted by Gasteiger charge is 2.05. The molecule has 108 valence electrons. The molecule has 0 bridgehead atoms. The van der Waals surface area contributed by atoms with Gasteiger partial charge in [0.2, 0.25) is 0 Å². The Bertz CT molecular complexity index is 624. The molecule has 0 fully saturated rings. The van der Waals surface area contributed by atoms with Crippen LogP contribution in [0.4, 0.5) is 0 Å². The molecule has 0 N–H and O–H groups in total. The minimum atomic E-state index is -0.546. The van der Waals surface area contributed by atoms with Crippen molar-refractivity contribution in [1.82, 2.24) is 0 Å². The van der Waals surface area contributed by atoms with Gasteiger partial charge in [-0.05, 0) is 36.8 Å². The van der Waals surface area contributed by atoms with Crippen LogP contribution in [0.25, 0.3) is 0 Å². The van der Waals surface area contributed by atoms with E-state index in [4.69, 9.17) is 9.57 Å². The number of hydrogen-bond donors (Lipinski definition) is 0. The van der Waals surface area contributed by atoms with Crippen LogP contribution >= 0.6 is 15.9 Å². The quantitative estimate of drug-likeness (QED) is 0.469. The second-order valence-electron chi connectivity index (χ2n) is 4.25. The van der Waals surface area contributed by atoms with Crippen LogP contribution in [0.5, 0.6) is 5.75 Å². The van der Waals surface area contributed by atoms with Crippen LogP contribution in [-0.4, -0.2) is 18.3 Å². The Kier molecular flexibility index (Phi) is 5.51. The standard InChI is InChI=1S/C16H14BrNO3/c1-12(13-7-9-14(17)10-8-13)18-21-16(19)11-20-15-5-3-2-4-6-15/h2-10H,11H2,1H3/b18-12+. The summed E-state index contributed by atoms with van der Waals surface area (Å²) in [6.45, 7) is 1.59. The van der Waals surface area contributed by atoms with Crippen molar-refractivity contribution in [3.05, 3.63) is 64.6 Å². The van der Waals surface area contributed by atoms with E-state index in [9.17, 15) is 4.79 Å². The van der Waals surface area contributed by atoms with Gasteiger partial charge in [0, 0.05) is 4.47 Å². The van der Waals surface area contributed by atoms with Crippen molar-refractivity contribution in [1.29, 1.82) is 0 Å². The highest BCUT2D eigenvalue weighted by atomic mass is 79.9. The summed E-state index contributed by atoms with van der Waals surface area (Å²) in [5.74, 6) is 0.0679. The van der Waals surface area contributed by atoms with E-state index in [0.29, 0.717) is 11.5 Å². The number of halogens is 1. The van der Waals surface area contributed by atoms with Gasteiger partial charge in [0.1, 0.15) is 5.75 Å². The SMILES string of the molecule is C/C(=N\OC(=O)COc1ccccc1)c1ccc(Br)cc1. The van der Waals surface area contributed by atoms with Crippen LogP contribution in [0, 0.1) is 0 Å². The normalized spacial score (nSPS) is 11.0. The largest absolute Gasteiger partial charge is 0.482 e. The minimum absolute atomic E-state index is 0.179. The summed E-state index contributed by atoms with van der Waals surface area (Å²) in [4.78, 5) is 16.4. The predicted octanol–water partition coefficient (Wildman–Crippen LogP) is 3.80. The van der Waals surface area contributed by atoms with E-state index >= 15 is 0 Å². The van der Waals surface area contributed by atoms with Gasteiger partial charge in [0.25, 0.3) is 0 Å². The number of hydrogen-bond acceptors (Lipinski definition) is 4. The third-order valence-electron chi connectivity index (χ3n) is 2.65. The summed E-state index contributed by atoms with van der Waals surface area (Å²) in [5.41, 5.74) is 1.51. The lowest BCUT2D eigenvalue weighted by molar-refractivity contribution is -0.146. The molecule has 21 heavy (non-hydrogen) atoms. The Balaban J connectivity index is 1.85. The highest BCUT2D eigenvalue weighted by molar-refractivity contribution is 9.10. The molecular weight excluding hydrogens is 334 g/mol. The highest BCUT2D eigenvalue weighted by Crippen LogP contribution is 2.11. The lowest BCUT2D eigenvalue weighted by Gasteiger charge is -2.04. The molecule has 0 aliphatic rings. The maximum absolute atomic E-state index is 11.5. The first-order valence-corrected chi connectivity index (χ1v) is 7.12. The zero-order valence-corrected chi connectivity index (χ0v) is 13.0. The molecule has 0 aromatic heterocycles. The number of rotatable bonds is 5. The van der Waals surface area contributed by atoms with Crippen LogP contribution in [0.2, 0.25) is 0 Å². The Morgan fingerprint density at radius 3 is 2.43 bits per heavy atom. The van der Waals surface area contributed by atoms with E-state index < -0.39 is 5.97 Å². The number of benzene rings is 2. The molecular formula is C16H14BrNO3. The van der Waals surface area contributed by atoms with Crippen molar-refractivity contribution in [2.45, 2.75) is 6.92 Å². The maximum Gasteiger partial charge on any atom is 0.372 e. The Morgan fingerprint density at radius 2 is 1.76 bits per heavy atom. The van der Waals surface area contributed by atoms with Crippen LogP contribution in [-0.2, 0) is 9.63 Å². The molecule has 0 saturated heterocycles. The first kappa shape index (κ1) is 15.3. The Labute approximate surface area is 131 Å². The molecule has 2 aromatic rings. The Morgan fingerprint density at radius 1 is 1.10 bits per heavy atom. The first-order chi connectivity index (χ1) is 10.1. The number of para-hydroxylation sites is 1. The molecule has 5 heteroatoms. The maximum atomic E-state index is 11.5. The first-order valence-electron chi connectivity index (χ1n) is 6.33. The van der Waals surface area contributed by atoms with Crippen molar-refractivity contribution >= 4 is 27.6 Å². The molecule has 0 heterocycles.